The third-order valence-electron chi connectivity index (χ3n) is 3.96. The van der Waals surface area contributed by atoms with Crippen LogP contribution in [0.4, 0.5) is 5.69 Å². The summed E-state index contributed by atoms with van der Waals surface area (Å²) in [6.45, 7) is 2.13. The predicted octanol–water partition coefficient (Wildman–Crippen LogP) is 3.87. The number of carbonyl (C=O) groups is 1. The number of amides is 1. The van der Waals surface area contributed by atoms with Crippen LogP contribution in [0.5, 0.6) is 0 Å². The van der Waals surface area contributed by atoms with Crippen LogP contribution < -0.4 is 5.32 Å². The van der Waals surface area contributed by atoms with Crippen LogP contribution in [0.3, 0.4) is 0 Å². The molecular formula is C18H19NO. The molecule has 0 spiro atoms. The predicted molar refractivity (Wildman–Crippen MR) is 81.6 cm³/mol. The second-order valence-electron chi connectivity index (χ2n) is 5.63. The van der Waals surface area contributed by atoms with E-state index in [1.165, 1.54) is 11.1 Å². The summed E-state index contributed by atoms with van der Waals surface area (Å²) in [7, 11) is 0. The van der Waals surface area contributed by atoms with Gasteiger partial charge < -0.3 is 5.32 Å². The monoisotopic (exact) mass is 265 g/mol. The Morgan fingerprint density at radius 3 is 2.45 bits per heavy atom. The van der Waals surface area contributed by atoms with Crippen LogP contribution in [-0.2, 0) is 11.2 Å². The summed E-state index contributed by atoms with van der Waals surface area (Å²) in [6.07, 6.45) is 1.87. The van der Waals surface area contributed by atoms with Gasteiger partial charge in [-0.15, -0.1) is 0 Å². The molecule has 0 aliphatic heterocycles. The second kappa shape index (κ2) is 5.49. The number of nitrogens with one attached hydrogen (secondary N) is 1. The first-order chi connectivity index (χ1) is 9.74. The quantitative estimate of drug-likeness (QED) is 0.893. The van der Waals surface area contributed by atoms with E-state index in [1.54, 1.807) is 0 Å². The normalized spacial score (nSPS) is 20.4. The fourth-order valence-electron chi connectivity index (χ4n) is 2.53. The molecule has 0 heterocycles. The molecule has 3 rings (SSSR count). The van der Waals surface area contributed by atoms with E-state index in [4.69, 9.17) is 0 Å². The van der Waals surface area contributed by atoms with Gasteiger partial charge in [-0.25, -0.2) is 0 Å². The van der Waals surface area contributed by atoms with Crippen LogP contribution in [-0.4, -0.2) is 5.91 Å². The number of benzene rings is 2. The Hall–Kier alpha value is -2.09. The third-order valence-corrected chi connectivity index (χ3v) is 3.96. The summed E-state index contributed by atoms with van der Waals surface area (Å²) in [6, 6.07) is 18.4. The van der Waals surface area contributed by atoms with Gasteiger partial charge in [-0.1, -0.05) is 55.5 Å². The number of hydrogen-bond acceptors (Lipinski definition) is 1. The average molecular weight is 265 g/mol. The fraction of sp³-hybridized carbons (Fsp3) is 0.278. The van der Waals surface area contributed by atoms with Crippen LogP contribution in [0.2, 0.25) is 0 Å². The fourth-order valence-corrected chi connectivity index (χ4v) is 2.53. The number of para-hydroxylation sites is 1. The van der Waals surface area contributed by atoms with E-state index >= 15 is 0 Å². The van der Waals surface area contributed by atoms with Crippen LogP contribution >= 0.6 is 0 Å². The highest BCUT2D eigenvalue weighted by Gasteiger charge is 2.39. The molecule has 102 valence electrons. The Kier molecular flexibility index (Phi) is 3.55. The molecule has 2 aromatic rings. The summed E-state index contributed by atoms with van der Waals surface area (Å²) >= 11 is 0. The number of rotatable bonds is 4. The SMILES string of the molecule is C[C@H]1C[C@H]1C(=O)Nc1ccccc1Cc1ccccc1. The smallest absolute Gasteiger partial charge is 0.227 e. The van der Waals surface area contributed by atoms with Crippen molar-refractivity contribution in [2.45, 2.75) is 19.8 Å². The van der Waals surface area contributed by atoms with Crippen LogP contribution in [0.25, 0.3) is 0 Å². The Morgan fingerprint density at radius 1 is 1.10 bits per heavy atom. The molecule has 1 aliphatic rings. The van der Waals surface area contributed by atoms with E-state index in [2.05, 4.69) is 30.4 Å². The minimum atomic E-state index is 0.165. The lowest BCUT2D eigenvalue weighted by atomic mass is 10.0. The van der Waals surface area contributed by atoms with Gasteiger partial charge in [-0.05, 0) is 36.0 Å². The molecular weight excluding hydrogens is 246 g/mol. The van der Waals surface area contributed by atoms with Crippen molar-refractivity contribution in [2.24, 2.45) is 11.8 Å². The highest BCUT2D eigenvalue weighted by molar-refractivity contribution is 5.95. The topological polar surface area (TPSA) is 29.1 Å². The molecule has 2 aromatic carbocycles. The highest BCUT2D eigenvalue weighted by atomic mass is 16.2. The van der Waals surface area contributed by atoms with Crippen LogP contribution in [0.1, 0.15) is 24.5 Å². The van der Waals surface area contributed by atoms with E-state index in [0.29, 0.717) is 5.92 Å². The molecule has 2 atom stereocenters. The Labute approximate surface area is 119 Å². The maximum atomic E-state index is 12.1. The summed E-state index contributed by atoms with van der Waals surface area (Å²) < 4.78 is 0. The number of anilines is 1. The maximum Gasteiger partial charge on any atom is 0.227 e. The molecule has 20 heavy (non-hydrogen) atoms. The van der Waals surface area contributed by atoms with Crippen molar-refractivity contribution in [1.82, 2.24) is 0 Å². The largest absolute Gasteiger partial charge is 0.326 e. The van der Waals surface area contributed by atoms with E-state index in [9.17, 15) is 4.79 Å². The van der Waals surface area contributed by atoms with E-state index in [1.807, 2.05) is 36.4 Å². The standard InChI is InChI=1S/C18H19NO/c1-13-11-16(13)18(20)19-17-10-6-5-9-15(17)12-14-7-3-2-4-8-14/h2-10,13,16H,11-12H2,1H3,(H,19,20)/t13-,16+/m0/s1. The van der Waals surface area contributed by atoms with Gasteiger partial charge in [0.25, 0.3) is 0 Å². The minimum absolute atomic E-state index is 0.165. The molecule has 0 saturated heterocycles. The second-order valence-corrected chi connectivity index (χ2v) is 5.63. The lowest BCUT2D eigenvalue weighted by molar-refractivity contribution is -0.117. The van der Waals surface area contributed by atoms with E-state index in [-0.39, 0.29) is 11.8 Å². The van der Waals surface area contributed by atoms with E-state index < -0.39 is 0 Å². The lowest BCUT2D eigenvalue weighted by Gasteiger charge is -2.11. The van der Waals surface area contributed by atoms with Crippen molar-refractivity contribution < 1.29 is 4.79 Å². The average Bonchev–Trinajstić information content (AvgIpc) is 3.19. The summed E-state index contributed by atoms with van der Waals surface area (Å²) in [4.78, 5) is 12.1. The molecule has 0 unspecified atom stereocenters. The Morgan fingerprint density at radius 2 is 1.75 bits per heavy atom. The van der Waals surface area contributed by atoms with Gasteiger partial charge >= 0.3 is 0 Å². The van der Waals surface area contributed by atoms with Gasteiger partial charge in [0, 0.05) is 11.6 Å². The van der Waals surface area contributed by atoms with Gasteiger partial charge in [0.05, 0.1) is 0 Å². The summed E-state index contributed by atoms with van der Waals surface area (Å²) in [5, 5.41) is 3.08. The highest BCUT2D eigenvalue weighted by Crippen LogP contribution is 2.38. The number of carbonyl (C=O) groups excluding carboxylic acids is 1. The van der Waals surface area contributed by atoms with Gasteiger partial charge in [-0.3, -0.25) is 4.79 Å². The first-order valence-electron chi connectivity index (χ1n) is 7.17. The molecule has 0 radical (unpaired) electrons. The first kappa shape index (κ1) is 12.9. The van der Waals surface area contributed by atoms with Gasteiger partial charge in [0.15, 0.2) is 0 Å². The molecule has 1 N–H and O–H groups in total. The van der Waals surface area contributed by atoms with Crippen molar-refractivity contribution in [3.8, 4) is 0 Å². The molecule has 1 saturated carbocycles. The lowest BCUT2D eigenvalue weighted by Crippen LogP contribution is -2.15. The minimum Gasteiger partial charge on any atom is -0.326 e. The van der Waals surface area contributed by atoms with Crippen LogP contribution in [0.15, 0.2) is 54.6 Å². The maximum absolute atomic E-state index is 12.1. The molecule has 0 aromatic heterocycles. The molecule has 1 aliphatic carbocycles. The zero-order valence-electron chi connectivity index (χ0n) is 11.7. The van der Waals surface area contributed by atoms with Crippen LogP contribution in [0, 0.1) is 11.8 Å². The Balaban J connectivity index is 1.76. The van der Waals surface area contributed by atoms with E-state index in [0.717, 1.165) is 18.5 Å². The molecule has 0 bridgehead atoms. The van der Waals surface area contributed by atoms with Crippen molar-refractivity contribution in [1.29, 1.82) is 0 Å². The zero-order chi connectivity index (χ0) is 13.9. The molecule has 2 nitrogen and oxygen atoms in total. The summed E-state index contributed by atoms with van der Waals surface area (Å²) in [5.74, 6) is 0.911. The zero-order valence-corrected chi connectivity index (χ0v) is 11.7. The first-order valence-corrected chi connectivity index (χ1v) is 7.17. The molecule has 1 amide bonds. The van der Waals surface area contributed by atoms with Crippen molar-refractivity contribution in [2.75, 3.05) is 5.32 Å². The van der Waals surface area contributed by atoms with Gasteiger partial charge in [-0.2, -0.15) is 0 Å². The molecule has 1 fully saturated rings. The van der Waals surface area contributed by atoms with Gasteiger partial charge in [0.1, 0.15) is 0 Å². The summed E-state index contributed by atoms with van der Waals surface area (Å²) in [5.41, 5.74) is 3.37. The molecule has 2 heteroatoms. The third kappa shape index (κ3) is 2.90. The van der Waals surface area contributed by atoms with Crippen molar-refractivity contribution in [3.63, 3.8) is 0 Å². The number of hydrogen-bond donors (Lipinski definition) is 1. The van der Waals surface area contributed by atoms with Crippen molar-refractivity contribution >= 4 is 11.6 Å². The van der Waals surface area contributed by atoms with Crippen molar-refractivity contribution in [3.05, 3.63) is 65.7 Å². The Bertz CT molecular complexity index is 606. The van der Waals surface area contributed by atoms with Gasteiger partial charge in [0.2, 0.25) is 5.91 Å².